The maximum absolute atomic E-state index is 5.59. The van der Waals surface area contributed by atoms with E-state index in [-0.39, 0.29) is 0 Å². The molecule has 0 aliphatic carbocycles. The Morgan fingerprint density at radius 2 is 2.18 bits per heavy atom. The zero-order valence-electron chi connectivity index (χ0n) is 9.93. The van der Waals surface area contributed by atoms with Crippen LogP contribution in [0.5, 0.6) is 0 Å². The van der Waals surface area contributed by atoms with Crippen LogP contribution < -0.4 is 10.6 Å². The molecule has 1 saturated heterocycles. The Labute approximate surface area is 107 Å². The molecule has 92 valence electrons. The summed E-state index contributed by atoms with van der Waals surface area (Å²) < 4.78 is 5.36. The van der Waals surface area contributed by atoms with Crippen molar-refractivity contribution >= 4 is 23.0 Å². The van der Waals surface area contributed by atoms with Crippen molar-refractivity contribution in [3.05, 3.63) is 23.9 Å². The minimum atomic E-state index is 0.340. The number of nitrogens with zero attached hydrogens (tertiary/aromatic N) is 2. The fourth-order valence-corrected chi connectivity index (χ4v) is 2.13. The maximum Gasteiger partial charge on any atom is 0.129 e. The van der Waals surface area contributed by atoms with Gasteiger partial charge in [0.1, 0.15) is 10.8 Å². The van der Waals surface area contributed by atoms with Gasteiger partial charge < -0.3 is 15.4 Å². The molecule has 1 aromatic heterocycles. The predicted octanol–water partition coefficient (Wildman–Crippen LogP) is 1.33. The van der Waals surface area contributed by atoms with Gasteiger partial charge in [-0.3, -0.25) is 0 Å². The average molecular weight is 251 g/mol. The van der Waals surface area contributed by atoms with E-state index in [2.05, 4.69) is 16.9 Å². The molecular formula is C12H17N3OS. The molecule has 5 heteroatoms. The van der Waals surface area contributed by atoms with Gasteiger partial charge in [-0.25, -0.2) is 4.98 Å². The summed E-state index contributed by atoms with van der Waals surface area (Å²) in [5.41, 5.74) is 6.27. The van der Waals surface area contributed by atoms with Crippen LogP contribution in [0.1, 0.15) is 18.5 Å². The SMILES string of the molecule is CN(c1cccc(C(N)=S)n1)C1CCOCC1. The summed E-state index contributed by atoms with van der Waals surface area (Å²) in [5, 5.41) is 0. The lowest BCUT2D eigenvalue weighted by Crippen LogP contribution is -2.37. The first-order valence-corrected chi connectivity index (χ1v) is 6.17. The molecule has 0 unspecified atom stereocenters. The van der Waals surface area contributed by atoms with E-state index in [1.54, 1.807) is 0 Å². The van der Waals surface area contributed by atoms with Crippen molar-refractivity contribution in [1.82, 2.24) is 4.98 Å². The number of anilines is 1. The van der Waals surface area contributed by atoms with E-state index >= 15 is 0 Å². The summed E-state index contributed by atoms with van der Waals surface area (Å²) in [6.07, 6.45) is 2.07. The van der Waals surface area contributed by atoms with Crippen LogP contribution in [0.25, 0.3) is 0 Å². The Morgan fingerprint density at radius 3 is 2.82 bits per heavy atom. The van der Waals surface area contributed by atoms with Crippen LogP contribution in [0, 0.1) is 0 Å². The largest absolute Gasteiger partial charge is 0.388 e. The number of nitrogens with two attached hydrogens (primary N) is 1. The van der Waals surface area contributed by atoms with Gasteiger partial charge >= 0.3 is 0 Å². The van der Waals surface area contributed by atoms with Gasteiger partial charge in [0.25, 0.3) is 0 Å². The van der Waals surface area contributed by atoms with Gasteiger partial charge in [0.2, 0.25) is 0 Å². The standard InChI is InChI=1S/C12H17N3OS/c1-15(9-5-7-16-8-6-9)11-4-2-3-10(14-11)12(13)17/h2-4,9H,5-8H2,1H3,(H2,13,17). The first-order valence-electron chi connectivity index (χ1n) is 5.76. The van der Waals surface area contributed by atoms with Crippen molar-refractivity contribution in [2.45, 2.75) is 18.9 Å². The van der Waals surface area contributed by atoms with Gasteiger partial charge in [-0.2, -0.15) is 0 Å². The number of thiocarbonyl (C=S) groups is 1. The summed E-state index contributed by atoms with van der Waals surface area (Å²) in [6, 6.07) is 6.24. The van der Waals surface area contributed by atoms with Gasteiger partial charge in [-0.15, -0.1) is 0 Å². The highest BCUT2D eigenvalue weighted by molar-refractivity contribution is 7.80. The van der Waals surface area contributed by atoms with Crippen LogP contribution in [0.2, 0.25) is 0 Å². The van der Waals surface area contributed by atoms with E-state index < -0.39 is 0 Å². The van der Waals surface area contributed by atoms with E-state index in [0.717, 1.165) is 31.9 Å². The summed E-state index contributed by atoms with van der Waals surface area (Å²) in [7, 11) is 2.06. The van der Waals surface area contributed by atoms with Crippen molar-refractivity contribution in [3.63, 3.8) is 0 Å². The van der Waals surface area contributed by atoms with Crippen molar-refractivity contribution in [1.29, 1.82) is 0 Å². The second-order valence-electron chi connectivity index (χ2n) is 4.20. The van der Waals surface area contributed by atoms with Gasteiger partial charge in [0.05, 0.1) is 5.69 Å². The van der Waals surface area contributed by atoms with Gasteiger partial charge in [-0.1, -0.05) is 18.3 Å². The number of rotatable bonds is 3. The van der Waals surface area contributed by atoms with Crippen molar-refractivity contribution < 1.29 is 4.74 Å². The van der Waals surface area contributed by atoms with Gasteiger partial charge in [0, 0.05) is 26.3 Å². The number of ether oxygens (including phenoxy) is 1. The van der Waals surface area contributed by atoms with Crippen LogP contribution in [0.15, 0.2) is 18.2 Å². The van der Waals surface area contributed by atoms with Crippen LogP contribution in [0.3, 0.4) is 0 Å². The van der Waals surface area contributed by atoms with Crippen LogP contribution in [-0.2, 0) is 4.74 Å². The summed E-state index contributed by atoms with van der Waals surface area (Å²) in [4.78, 5) is 6.99. The molecule has 0 aromatic carbocycles. The number of aromatic nitrogens is 1. The number of pyridine rings is 1. The molecule has 1 aliphatic heterocycles. The van der Waals surface area contributed by atoms with Gasteiger partial charge in [0.15, 0.2) is 0 Å². The molecule has 4 nitrogen and oxygen atoms in total. The van der Waals surface area contributed by atoms with Crippen molar-refractivity contribution in [2.24, 2.45) is 5.73 Å². The van der Waals surface area contributed by atoms with Gasteiger partial charge in [-0.05, 0) is 25.0 Å². The molecule has 1 fully saturated rings. The smallest absolute Gasteiger partial charge is 0.129 e. The molecular weight excluding hydrogens is 234 g/mol. The second-order valence-corrected chi connectivity index (χ2v) is 4.64. The first kappa shape index (κ1) is 12.3. The Bertz CT molecular complexity index is 404. The Balaban J connectivity index is 2.14. The zero-order valence-corrected chi connectivity index (χ0v) is 10.7. The van der Waals surface area contributed by atoms with Crippen molar-refractivity contribution in [3.8, 4) is 0 Å². The molecule has 17 heavy (non-hydrogen) atoms. The number of hydrogen-bond donors (Lipinski definition) is 1. The number of hydrogen-bond acceptors (Lipinski definition) is 4. The third-order valence-electron chi connectivity index (χ3n) is 3.09. The zero-order chi connectivity index (χ0) is 12.3. The summed E-state index contributed by atoms with van der Waals surface area (Å²) in [5.74, 6) is 0.919. The third-order valence-corrected chi connectivity index (χ3v) is 3.30. The highest BCUT2D eigenvalue weighted by Gasteiger charge is 2.19. The molecule has 1 aliphatic rings. The van der Waals surface area contributed by atoms with E-state index in [4.69, 9.17) is 22.7 Å². The Morgan fingerprint density at radius 1 is 1.47 bits per heavy atom. The molecule has 1 aromatic rings. The third kappa shape index (κ3) is 2.92. The molecule has 2 heterocycles. The summed E-state index contributed by atoms with van der Waals surface area (Å²) >= 11 is 4.94. The lowest BCUT2D eigenvalue weighted by atomic mass is 10.1. The average Bonchev–Trinajstić information content (AvgIpc) is 2.39. The second kappa shape index (κ2) is 5.42. The Hall–Kier alpha value is -1.20. The molecule has 2 N–H and O–H groups in total. The van der Waals surface area contributed by atoms with Crippen LogP contribution in [0.4, 0.5) is 5.82 Å². The molecule has 0 radical (unpaired) electrons. The van der Waals surface area contributed by atoms with E-state index in [9.17, 15) is 0 Å². The van der Waals surface area contributed by atoms with E-state index in [1.165, 1.54) is 0 Å². The fraction of sp³-hybridized carbons (Fsp3) is 0.500. The predicted molar refractivity (Wildman–Crippen MR) is 72.4 cm³/mol. The lowest BCUT2D eigenvalue weighted by molar-refractivity contribution is 0.0853. The fourth-order valence-electron chi connectivity index (χ4n) is 2.02. The molecule has 0 bridgehead atoms. The van der Waals surface area contributed by atoms with Crippen LogP contribution >= 0.6 is 12.2 Å². The quantitative estimate of drug-likeness (QED) is 0.821. The molecule has 0 spiro atoms. The van der Waals surface area contributed by atoms with E-state index in [0.29, 0.717) is 16.7 Å². The van der Waals surface area contributed by atoms with Crippen LogP contribution in [-0.4, -0.2) is 36.3 Å². The summed E-state index contributed by atoms with van der Waals surface area (Å²) in [6.45, 7) is 1.65. The topological polar surface area (TPSA) is 51.4 Å². The lowest BCUT2D eigenvalue weighted by Gasteiger charge is -2.32. The maximum atomic E-state index is 5.59. The molecule has 0 saturated carbocycles. The van der Waals surface area contributed by atoms with Crippen molar-refractivity contribution in [2.75, 3.05) is 25.2 Å². The first-order chi connectivity index (χ1) is 8.18. The Kier molecular flexibility index (Phi) is 3.91. The highest BCUT2D eigenvalue weighted by Crippen LogP contribution is 2.19. The molecule has 2 rings (SSSR count). The molecule has 0 amide bonds. The van der Waals surface area contributed by atoms with E-state index in [1.807, 2.05) is 18.2 Å². The minimum absolute atomic E-state index is 0.340. The molecule has 0 atom stereocenters. The highest BCUT2D eigenvalue weighted by atomic mass is 32.1. The normalized spacial score (nSPS) is 16.8. The minimum Gasteiger partial charge on any atom is -0.388 e. The monoisotopic (exact) mass is 251 g/mol.